The van der Waals surface area contributed by atoms with Crippen LogP contribution in [0.2, 0.25) is 5.02 Å². The van der Waals surface area contributed by atoms with Gasteiger partial charge >= 0.3 is 0 Å². The first-order valence-electron chi connectivity index (χ1n) is 7.80. The molecule has 0 bridgehead atoms. The quantitative estimate of drug-likeness (QED) is 0.730. The molecule has 0 spiro atoms. The van der Waals surface area contributed by atoms with E-state index in [2.05, 4.69) is 10.3 Å². The van der Waals surface area contributed by atoms with Gasteiger partial charge in [-0.05, 0) is 36.8 Å². The Hall–Kier alpha value is -2.99. The summed E-state index contributed by atoms with van der Waals surface area (Å²) in [5.41, 5.74) is 1.50. The Kier molecular flexibility index (Phi) is 4.86. The summed E-state index contributed by atoms with van der Waals surface area (Å²) < 4.78 is 10.4. The van der Waals surface area contributed by atoms with E-state index in [1.165, 1.54) is 20.4 Å². The highest BCUT2D eigenvalue weighted by molar-refractivity contribution is 6.32. The first kappa shape index (κ1) is 17.8. The van der Waals surface area contributed by atoms with Gasteiger partial charge in [-0.3, -0.25) is 9.59 Å². The molecule has 7 heteroatoms. The zero-order valence-electron chi connectivity index (χ0n) is 14.5. The molecule has 1 heterocycles. The number of anilines is 1. The van der Waals surface area contributed by atoms with Crippen LogP contribution in [-0.2, 0) is 0 Å². The van der Waals surface area contributed by atoms with Gasteiger partial charge in [0.15, 0.2) is 11.5 Å². The molecule has 1 aromatic heterocycles. The second-order valence-electron chi connectivity index (χ2n) is 5.65. The first-order valence-corrected chi connectivity index (χ1v) is 8.18. The average molecular weight is 373 g/mol. The van der Waals surface area contributed by atoms with Crippen LogP contribution in [0.1, 0.15) is 15.9 Å². The van der Waals surface area contributed by atoms with Crippen molar-refractivity contribution >= 4 is 34.1 Å². The summed E-state index contributed by atoms with van der Waals surface area (Å²) in [6.07, 6.45) is 1.39. The Morgan fingerprint density at radius 1 is 1.12 bits per heavy atom. The lowest BCUT2D eigenvalue weighted by atomic mass is 10.1. The van der Waals surface area contributed by atoms with Crippen molar-refractivity contribution in [1.82, 2.24) is 4.98 Å². The number of carbonyl (C=O) groups is 1. The van der Waals surface area contributed by atoms with E-state index in [-0.39, 0.29) is 11.0 Å². The van der Waals surface area contributed by atoms with E-state index in [0.29, 0.717) is 33.1 Å². The summed E-state index contributed by atoms with van der Waals surface area (Å²) in [6, 6.07) is 8.21. The van der Waals surface area contributed by atoms with E-state index >= 15 is 0 Å². The smallest absolute Gasteiger partial charge is 0.261 e. The summed E-state index contributed by atoms with van der Waals surface area (Å²) in [5, 5.41) is 3.66. The van der Waals surface area contributed by atoms with E-state index in [0.717, 1.165) is 5.56 Å². The van der Waals surface area contributed by atoms with E-state index in [4.69, 9.17) is 21.1 Å². The van der Waals surface area contributed by atoms with Crippen molar-refractivity contribution < 1.29 is 14.3 Å². The second kappa shape index (κ2) is 7.09. The zero-order valence-corrected chi connectivity index (χ0v) is 15.2. The molecule has 3 aromatic rings. The van der Waals surface area contributed by atoms with Crippen molar-refractivity contribution in [1.29, 1.82) is 0 Å². The normalized spacial score (nSPS) is 10.6. The van der Waals surface area contributed by atoms with E-state index in [1.807, 2.05) is 6.92 Å². The van der Waals surface area contributed by atoms with Crippen LogP contribution in [0.25, 0.3) is 10.9 Å². The molecule has 0 aliphatic rings. The van der Waals surface area contributed by atoms with Gasteiger partial charge < -0.3 is 19.8 Å². The van der Waals surface area contributed by atoms with Crippen LogP contribution in [0.3, 0.4) is 0 Å². The molecule has 0 unspecified atom stereocenters. The SMILES string of the molecule is COc1ccc(NC(=O)c2c[nH]c3c(C)c(Cl)ccc3c2=O)cc1OC. The van der Waals surface area contributed by atoms with Crippen LogP contribution < -0.4 is 20.2 Å². The number of nitrogens with one attached hydrogen (secondary N) is 2. The van der Waals surface area contributed by atoms with Gasteiger partial charge in [0.1, 0.15) is 5.56 Å². The average Bonchev–Trinajstić information content (AvgIpc) is 2.64. The minimum atomic E-state index is -0.520. The third kappa shape index (κ3) is 3.11. The first-order chi connectivity index (χ1) is 12.5. The molecule has 2 aromatic carbocycles. The lowest BCUT2D eigenvalue weighted by molar-refractivity contribution is 0.102. The number of benzene rings is 2. The van der Waals surface area contributed by atoms with Gasteiger partial charge in [-0.2, -0.15) is 0 Å². The number of halogens is 1. The Labute approximate surface area is 154 Å². The van der Waals surface area contributed by atoms with Gasteiger partial charge in [0.25, 0.3) is 5.91 Å². The number of hydrogen-bond acceptors (Lipinski definition) is 4. The van der Waals surface area contributed by atoms with Gasteiger partial charge in [0.2, 0.25) is 5.43 Å². The standard InChI is InChI=1S/C19H17ClN2O4/c1-10-14(20)6-5-12-17(10)21-9-13(18(12)23)19(24)22-11-4-7-15(25-2)16(8-11)26-3/h4-9H,1-3H3,(H,21,23)(H,22,24). The summed E-state index contributed by atoms with van der Waals surface area (Å²) in [4.78, 5) is 28.2. The highest BCUT2D eigenvalue weighted by atomic mass is 35.5. The van der Waals surface area contributed by atoms with E-state index < -0.39 is 5.91 Å². The summed E-state index contributed by atoms with van der Waals surface area (Å²) in [7, 11) is 3.03. The third-order valence-corrected chi connectivity index (χ3v) is 4.54. The fraction of sp³-hybridized carbons (Fsp3) is 0.158. The maximum absolute atomic E-state index is 12.7. The Morgan fingerprint density at radius 3 is 2.54 bits per heavy atom. The van der Waals surface area contributed by atoms with E-state index in [1.54, 1.807) is 30.3 Å². The second-order valence-corrected chi connectivity index (χ2v) is 6.06. The molecule has 0 saturated heterocycles. The van der Waals surface area contributed by atoms with Gasteiger partial charge in [0, 0.05) is 28.4 Å². The Bertz CT molecular complexity index is 1060. The van der Waals surface area contributed by atoms with Crippen molar-refractivity contribution in [2.45, 2.75) is 6.92 Å². The molecular formula is C19H17ClN2O4. The monoisotopic (exact) mass is 372 g/mol. The largest absolute Gasteiger partial charge is 0.493 e. The van der Waals surface area contributed by atoms with Gasteiger partial charge in [-0.15, -0.1) is 0 Å². The lowest BCUT2D eigenvalue weighted by Gasteiger charge is -2.11. The molecule has 2 N–H and O–H groups in total. The van der Waals surface area contributed by atoms with Crippen LogP contribution in [-0.4, -0.2) is 25.1 Å². The van der Waals surface area contributed by atoms with Crippen LogP contribution in [0, 0.1) is 6.92 Å². The molecule has 1 amide bonds. The molecule has 6 nitrogen and oxygen atoms in total. The molecule has 134 valence electrons. The molecule has 0 aliphatic heterocycles. The van der Waals surface area contributed by atoms with Crippen molar-refractivity contribution in [2.24, 2.45) is 0 Å². The highest BCUT2D eigenvalue weighted by Crippen LogP contribution is 2.30. The fourth-order valence-corrected chi connectivity index (χ4v) is 2.85. The summed E-state index contributed by atoms with van der Waals surface area (Å²) in [6.45, 7) is 1.81. The highest BCUT2D eigenvalue weighted by Gasteiger charge is 2.15. The van der Waals surface area contributed by atoms with Gasteiger partial charge in [-0.25, -0.2) is 0 Å². The van der Waals surface area contributed by atoms with Crippen molar-refractivity contribution in [3.8, 4) is 11.5 Å². The maximum atomic E-state index is 12.7. The number of amides is 1. The molecule has 0 saturated carbocycles. The van der Waals surface area contributed by atoms with Crippen molar-refractivity contribution in [2.75, 3.05) is 19.5 Å². The zero-order chi connectivity index (χ0) is 18.8. The van der Waals surface area contributed by atoms with Crippen molar-refractivity contribution in [3.05, 3.63) is 62.9 Å². The minimum Gasteiger partial charge on any atom is -0.493 e. The fourth-order valence-electron chi connectivity index (χ4n) is 2.70. The molecule has 0 aliphatic carbocycles. The van der Waals surface area contributed by atoms with Crippen LogP contribution in [0.5, 0.6) is 11.5 Å². The molecule has 0 fully saturated rings. The molecule has 3 rings (SSSR count). The molecule has 26 heavy (non-hydrogen) atoms. The number of aromatic amines is 1. The number of pyridine rings is 1. The van der Waals surface area contributed by atoms with E-state index in [9.17, 15) is 9.59 Å². The Balaban J connectivity index is 1.97. The molecule has 0 atom stereocenters. The number of aryl methyl sites for hydroxylation is 1. The number of rotatable bonds is 4. The number of H-pyrrole nitrogens is 1. The number of carbonyl (C=O) groups excluding carboxylic acids is 1. The number of hydrogen-bond donors (Lipinski definition) is 2. The van der Waals surface area contributed by atoms with Gasteiger partial charge in [0.05, 0.1) is 19.7 Å². The summed E-state index contributed by atoms with van der Waals surface area (Å²) in [5.74, 6) is 0.498. The van der Waals surface area contributed by atoms with Crippen molar-refractivity contribution in [3.63, 3.8) is 0 Å². The maximum Gasteiger partial charge on any atom is 0.261 e. The summed E-state index contributed by atoms with van der Waals surface area (Å²) >= 11 is 6.08. The predicted octanol–water partition coefficient (Wildman–Crippen LogP) is 3.76. The molecular weight excluding hydrogens is 356 g/mol. The number of ether oxygens (including phenoxy) is 2. The molecule has 0 radical (unpaired) electrons. The topological polar surface area (TPSA) is 80.4 Å². The van der Waals surface area contributed by atoms with Crippen LogP contribution >= 0.6 is 11.6 Å². The van der Waals surface area contributed by atoms with Crippen LogP contribution in [0.4, 0.5) is 5.69 Å². The third-order valence-electron chi connectivity index (χ3n) is 4.14. The Morgan fingerprint density at radius 2 is 1.85 bits per heavy atom. The predicted molar refractivity (Wildman–Crippen MR) is 102 cm³/mol. The number of aromatic nitrogens is 1. The minimum absolute atomic E-state index is 0.00834. The van der Waals surface area contributed by atoms with Crippen LogP contribution in [0.15, 0.2) is 41.3 Å². The lowest BCUT2D eigenvalue weighted by Crippen LogP contribution is -2.22. The number of fused-ring (bicyclic) bond motifs is 1. The van der Waals surface area contributed by atoms with Gasteiger partial charge in [-0.1, -0.05) is 11.6 Å². The number of methoxy groups -OCH3 is 2.